The third-order valence-electron chi connectivity index (χ3n) is 12.6. The lowest BCUT2D eigenvalue weighted by Crippen LogP contribution is -2.11. The summed E-state index contributed by atoms with van der Waals surface area (Å²) in [6.07, 6.45) is 8.08. The van der Waals surface area contributed by atoms with Crippen LogP contribution in [0.2, 0.25) is 0 Å². The van der Waals surface area contributed by atoms with Gasteiger partial charge in [0.15, 0.2) is 0 Å². The van der Waals surface area contributed by atoms with Crippen molar-refractivity contribution in [2.24, 2.45) is 0 Å². The number of rotatable bonds is 14. The van der Waals surface area contributed by atoms with Gasteiger partial charge in [0.05, 0.1) is 11.4 Å². The van der Waals surface area contributed by atoms with Crippen LogP contribution in [0.3, 0.4) is 0 Å². The number of para-hydroxylation sites is 2. The Bertz CT molecular complexity index is 3250. The van der Waals surface area contributed by atoms with E-state index in [1.807, 2.05) is 13.0 Å². The molecule has 2 heteroatoms. The van der Waals surface area contributed by atoms with Crippen LogP contribution in [0.5, 0.6) is 0 Å². The Morgan fingerprint density at radius 3 is 0.942 bits per heavy atom. The van der Waals surface area contributed by atoms with Crippen LogP contribution in [-0.4, -0.2) is 0 Å². The first-order chi connectivity index (χ1) is 34.1. The first-order valence-electron chi connectivity index (χ1n) is 23.6. The second-order valence-corrected chi connectivity index (χ2v) is 16.9. The van der Waals surface area contributed by atoms with Crippen molar-refractivity contribution in [3.8, 4) is 55.6 Å². The molecule has 0 aliphatic carbocycles. The topological polar surface area (TPSA) is 6.48 Å². The summed E-state index contributed by atoms with van der Waals surface area (Å²) in [6, 6.07) is 93.8. The van der Waals surface area contributed by atoms with Crippen molar-refractivity contribution in [3.63, 3.8) is 0 Å². The predicted molar refractivity (Wildman–Crippen MR) is 296 cm³/mol. The molecule has 0 aliphatic heterocycles. The number of anilines is 6. The molecule has 0 N–H and O–H groups in total. The lowest BCUT2D eigenvalue weighted by Gasteiger charge is -2.29. The summed E-state index contributed by atoms with van der Waals surface area (Å²) in [7, 11) is 0. The highest BCUT2D eigenvalue weighted by atomic mass is 15.1. The van der Waals surface area contributed by atoms with Crippen molar-refractivity contribution in [2.75, 3.05) is 9.80 Å². The van der Waals surface area contributed by atoms with Crippen molar-refractivity contribution in [1.82, 2.24) is 0 Å². The molecule has 0 amide bonds. The average molecular weight is 885 g/mol. The Hall–Kier alpha value is -8.98. The highest BCUT2D eigenvalue weighted by Gasteiger charge is 2.20. The molecule has 0 saturated heterocycles. The summed E-state index contributed by atoms with van der Waals surface area (Å²) in [6.45, 7) is 6.01. The molecule has 0 aromatic heterocycles. The second kappa shape index (κ2) is 20.7. The van der Waals surface area contributed by atoms with Crippen LogP contribution in [-0.2, 0) is 0 Å². The van der Waals surface area contributed by atoms with Crippen LogP contribution in [0.25, 0.3) is 61.2 Å². The molecule has 2 nitrogen and oxygen atoms in total. The fourth-order valence-corrected chi connectivity index (χ4v) is 9.17. The summed E-state index contributed by atoms with van der Waals surface area (Å²) in [4.78, 5) is 4.75. The zero-order valence-corrected chi connectivity index (χ0v) is 38.7. The van der Waals surface area contributed by atoms with Gasteiger partial charge in [0.25, 0.3) is 0 Å². The van der Waals surface area contributed by atoms with Crippen LogP contribution in [0, 0.1) is 0 Å². The Labute approximate surface area is 407 Å². The standard InChI is InChI=1S/C67H52N2/c1-3-18-50(19-4-2)54-34-42-60(43-35-54)68(61-44-36-55(37-45-61)51-20-8-5-9-21-51)66-28-16-14-26-64(66)58-30-32-59(33-31-58)65-27-15-17-29-67(65)69(62-46-38-56(39-47-62)52-22-10-6-11-23-52)63-48-40-57(41-49-63)53-24-12-7-13-25-53/h3-49H,1H2,2H3/b19-4-,50-18+. The van der Waals surface area contributed by atoms with Gasteiger partial charge in [0.2, 0.25) is 0 Å². The maximum atomic E-state index is 3.96. The largest absolute Gasteiger partial charge is 0.310 e. The van der Waals surface area contributed by atoms with E-state index in [-0.39, 0.29) is 0 Å². The Morgan fingerprint density at radius 2 is 0.609 bits per heavy atom. The minimum Gasteiger partial charge on any atom is -0.310 e. The summed E-state index contributed by atoms with van der Waals surface area (Å²) in [5.41, 5.74) is 20.4. The third-order valence-corrected chi connectivity index (χ3v) is 12.6. The highest BCUT2D eigenvalue weighted by Crippen LogP contribution is 2.45. The van der Waals surface area contributed by atoms with Gasteiger partial charge in [-0.3, -0.25) is 0 Å². The highest BCUT2D eigenvalue weighted by molar-refractivity contribution is 5.92. The van der Waals surface area contributed by atoms with E-state index in [4.69, 9.17) is 0 Å². The maximum Gasteiger partial charge on any atom is 0.0540 e. The number of allylic oxidation sites excluding steroid dienone is 5. The number of nitrogens with zero attached hydrogens (tertiary/aromatic N) is 2. The molecule has 10 rings (SSSR count). The fourth-order valence-electron chi connectivity index (χ4n) is 9.17. The minimum atomic E-state index is 1.07. The molecule has 0 aliphatic rings. The smallest absolute Gasteiger partial charge is 0.0540 e. The lowest BCUT2D eigenvalue weighted by molar-refractivity contribution is 1.28. The van der Waals surface area contributed by atoms with Gasteiger partial charge in [-0.2, -0.15) is 0 Å². The predicted octanol–water partition coefficient (Wildman–Crippen LogP) is 19.1. The summed E-state index contributed by atoms with van der Waals surface area (Å²) in [5.74, 6) is 0. The Kier molecular flexibility index (Phi) is 13.2. The van der Waals surface area contributed by atoms with Crippen LogP contribution >= 0.6 is 0 Å². The third kappa shape index (κ3) is 9.65. The van der Waals surface area contributed by atoms with E-state index in [9.17, 15) is 0 Å². The van der Waals surface area contributed by atoms with Gasteiger partial charge in [-0.25, -0.2) is 0 Å². The molecular weight excluding hydrogens is 833 g/mol. The van der Waals surface area contributed by atoms with Crippen molar-refractivity contribution < 1.29 is 0 Å². The normalized spacial score (nSPS) is 11.3. The maximum absolute atomic E-state index is 3.96. The molecule has 0 unspecified atom stereocenters. The van der Waals surface area contributed by atoms with Crippen molar-refractivity contribution >= 4 is 39.7 Å². The van der Waals surface area contributed by atoms with Crippen LogP contribution in [0.15, 0.2) is 292 Å². The second-order valence-electron chi connectivity index (χ2n) is 16.9. The Balaban J connectivity index is 1.03. The van der Waals surface area contributed by atoms with Crippen molar-refractivity contribution in [2.45, 2.75) is 6.92 Å². The molecule has 0 atom stereocenters. The number of hydrogen-bond acceptors (Lipinski definition) is 2. The zero-order valence-electron chi connectivity index (χ0n) is 38.7. The molecule has 69 heavy (non-hydrogen) atoms. The monoisotopic (exact) mass is 884 g/mol. The van der Waals surface area contributed by atoms with E-state index in [2.05, 4.69) is 295 Å². The van der Waals surface area contributed by atoms with Crippen LogP contribution < -0.4 is 9.80 Å². The minimum absolute atomic E-state index is 1.07. The molecular formula is C67H52N2. The molecule has 0 bridgehead atoms. The van der Waals surface area contributed by atoms with Gasteiger partial charge >= 0.3 is 0 Å². The van der Waals surface area contributed by atoms with Crippen molar-refractivity contribution in [3.05, 3.63) is 297 Å². The van der Waals surface area contributed by atoms with E-state index in [0.717, 1.165) is 67.5 Å². The van der Waals surface area contributed by atoms with E-state index < -0.39 is 0 Å². The average Bonchev–Trinajstić information content (AvgIpc) is 3.43. The van der Waals surface area contributed by atoms with Crippen LogP contribution in [0.4, 0.5) is 34.1 Å². The molecule has 10 aromatic carbocycles. The van der Waals surface area contributed by atoms with Gasteiger partial charge in [-0.05, 0) is 123 Å². The lowest BCUT2D eigenvalue weighted by atomic mass is 9.96. The summed E-state index contributed by atoms with van der Waals surface area (Å²) < 4.78 is 0. The van der Waals surface area contributed by atoms with Gasteiger partial charge in [-0.1, -0.05) is 231 Å². The molecule has 0 fully saturated rings. The quantitative estimate of drug-likeness (QED) is 0.100. The first kappa shape index (κ1) is 43.9. The fraction of sp³-hybridized carbons (Fsp3) is 0.0149. The number of hydrogen-bond donors (Lipinski definition) is 0. The van der Waals surface area contributed by atoms with Crippen molar-refractivity contribution in [1.29, 1.82) is 0 Å². The van der Waals surface area contributed by atoms with E-state index in [1.165, 1.54) is 33.4 Å². The van der Waals surface area contributed by atoms with Crippen LogP contribution in [0.1, 0.15) is 12.5 Å². The summed E-state index contributed by atoms with van der Waals surface area (Å²) >= 11 is 0. The summed E-state index contributed by atoms with van der Waals surface area (Å²) in [5, 5.41) is 0. The first-order valence-corrected chi connectivity index (χ1v) is 23.6. The van der Waals surface area contributed by atoms with E-state index in [1.54, 1.807) is 0 Å². The SMILES string of the molecule is C=C/C=C(\C=C/C)c1ccc(N(c2ccc(-c3ccccc3)cc2)c2ccccc2-c2ccc(-c3ccccc3N(c3ccc(-c4ccccc4)cc3)c3ccc(-c4ccccc4)cc3)cc2)cc1. The molecule has 10 aromatic rings. The number of benzene rings is 10. The zero-order chi connectivity index (χ0) is 46.8. The van der Waals surface area contributed by atoms with Gasteiger partial charge < -0.3 is 9.80 Å². The molecule has 0 saturated carbocycles. The van der Waals surface area contributed by atoms with Gasteiger partial charge in [-0.15, -0.1) is 0 Å². The van der Waals surface area contributed by atoms with Gasteiger partial charge in [0, 0.05) is 33.9 Å². The van der Waals surface area contributed by atoms with E-state index >= 15 is 0 Å². The molecule has 0 radical (unpaired) electrons. The molecule has 330 valence electrons. The molecule has 0 spiro atoms. The Morgan fingerprint density at radius 1 is 0.319 bits per heavy atom. The molecule has 0 heterocycles. The van der Waals surface area contributed by atoms with E-state index in [0.29, 0.717) is 0 Å². The van der Waals surface area contributed by atoms with Gasteiger partial charge in [0.1, 0.15) is 0 Å².